The summed E-state index contributed by atoms with van der Waals surface area (Å²) in [6, 6.07) is 12.8. The highest BCUT2D eigenvalue weighted by Crippen LogP contribution is 2.49. The first-order valence-corrected chi connectivity index (χ1v) is 10.8. The standard InChI is InChI=1S/C21H24ClN3OS/c1-4-15-12-27-21-24-19(17-7-5-6-10-23-17)20(25(15)21)14-8-9-18(16(22)11-14)26-13(2)3/h5-11,13,15,19-20H,4,12H2,1-3H3/t15-,19+,20+/m1/s1. The number of benzene rings is 1. The molecule has 4 rings (SSSR count). The lowest BCUT2D eigenvalue weighted by Crippen LogP contribution is -2.35. The Labute approximate surface area is 170 Å². The molecule has 0 radical (unpaired) electrons. The van der Waals surface area contributed by atoms with E-state index in [0.29, 0.717) is 11.1 Å². The Morgan fingerprint density at radius 1 is 1.30 bits per heavy atom. The smallest absolute Gasteiger partial charge is 0.160 e. The van der Waals surface area contributed by atoms with Crippen LogP contribution in [0.3, 0.4) is 0 Å². The van der Waals surface area contributed by atoms with Crippen molar-refractivity contribution in [1.29, 1.82) is 0 Å². The molecule has 27 heavy (non-hydrogen) atoms. The first kappa shape index (κ1) is 18.6. The molecule has 0 aliphatic carbocycles. The van der Waals surface area contributed by atoms with Gasteiger partial charge in [-0.1, -0.05) is 42.4 Å². The maximum atomic E-state index is 6.56. The average molecular weight is 402 g/mol. The predicted molar refractivity (Wildman–Crippen MR) is 113 cm³/mol. The van der Waals surface area contributed by atoms with Crippen molar-refractivity contribution in [2.75, 3.05) is 5.75 Å². The fraction of sp³-hybridized carbons (Fsp3) is 0.429. The highest BCUT2D eigenvalue weighted by atomic mass is 35.5. The number of halogens is 1. The molecule has 0 saturated carbocycles. The van der Waals surface area contributed by atoms with E-state index in [1.807, 2.05) is 56.1 Å². The summed E-state index contributed by atoms with van der Waals surface area (Å²) in [6.07, 6.45) is 3.03. The summed E-state index contributed by atoms with van der Waals surface area (Å²) < 4.78 is 5.81. The lowest BCUT2D eigenvalue weighted by atomic mass is 9.95. The lowest BCUT2D eigenvalue weighted by Gasteiger charge is -2.32. The van der Waals surface area contributed by atoms with Crippen LogP contribution >= 0.6 is 23.4 Å². The van der Waals surface area contributed by atoms with Gasteiger partial charge in [0.25, 0.3) is 0 Å². The molecule has 1 aromatic heterocycles. The molecule has 0 amide bonds. The van der Waals surface area contributed by atoms with E-state index in [1.54, 1.807) is 0 Å². The van der Waals surface area contributed by atoms with E-state index in [1.165, 1.54) is 0 Å². The van der Waals surface area contributed by atoms with Gasteiger partial charge in [0.1, 0.15) is 11.8 Å². The summed E-state index contributed by atoms with van der Waals surface area (Å²) in [7, 11) is 0. The molecule has 4 nitrogen and oxygen atoms in total. The second kappa shape index (κ2) is 7.72. The molecule has 0 spiro atoms. The summed E-state index contributed by atoms with van der Waals surface area (Å²) in [5, 5.41) is 1.77. The number of hydrogen-bond acceptors (Lipinski definition) is 5. The number of hydrogen-bond donors (Lipinski definition) is 0. The fourth-order valence-corrected chi connectivity index (χ4v) is 5.33. The first-order chi connectivity index (χ1) is 13.1. The molecular weight excluding hydrogens is 378 g/mol. The van der Waals surface area contributed by atoms with Crippen molar-refractivity contribution < 1.29 is 4.74 Å². The van der Waals surface area contributed by atoms with Crippen LogP contribution in [-0.2, 0) is 0 Å². The minimum absolute atomic E-state index is 0.0176. The number of aliphatic imine (C=N–C) groups is 1. The third-order valence-electron chi connectivity index (χ3n) is 4.99. The molecule has 0 N–H and O–H groups in total. The Balaban J connectivity index is 1.74. The van der Waals surface area contributed by atoms with Crippen LogP contribution in [-0.4, -0.2) is 33.0 Å². The zero-order chi connectivity index (χ0) is 19.0. The largest absolute Gasteiger partial charge is 0.489 e. The second-order valence-corrected chi connectivity index (χ2v) is 8.59. The predicted octanol–water partition coefficient (Wildman–Crippen LogP) is 5.50. The second-order valence-electron chi connectivity index (χ2n) is 7.19. The molecule has 3 atom stereocenters. The van der Waals surface area contributed by atoms with Crippen LogP contribution in [0.2, 0.25) is 5.02 Å². The van der Waals surface area contributed by atoms with E-state index in [2.05, 4.69) is 28.9 Å². The Hall–Kier alpha value is -1.72. The summed E-state index contributed by atoms with van der Waals surface area (Å²) in [6.45, 7) is 6.25. The average Bonchev–Trinajstić information content (AvgIpc) is 3.22. The number of nitrogens with zero attached hydrogens (tertiary/aromatic N) is 3. The van der Waals surface area contributed by atoms with Crippen molar-refractivity contribution in [3.8, 4) is 5.75 Å². The van der Waals surface area contributed by atoms with Gasteiger partial charge < -0.3 is 9.64 Å². The van der Waals surface area contributed by atoms with Gasteiger partial charge in [-0.2, -0.15) is 0 Å². The SMILES string of the molecule is CC[C@@H]1CSC2=N[C@@H](c3ccccn3)[C@H](c3ccc(OC(C)C)c(Cl)c3)N21. The minimum atomic E-state index is -0.0176. The van der Waals surface area contributed by atoms with E-state index < -0.39 is 0 Å². The maximum absolute atomic E-state index is 6.56. The van der Waals surface area contributed by atoms with Crippen LogP contribution in [0, 0.1) is 0 Å². The minimum Gasteiger partial charge on any atom is -0.489 e. The molecule has 2 aliphatic rings. The highest BCUT2D eigenvalue weighted by Gasteiger charge is 2.45. The molecule has 0 bridgehead atoms. The van der Waals surface area contributed by atoms with E-state index >= 15 is 0 Å². The van der Waals surface area contributed by atoms with Gasteiger partial charge in [-0.25, -0.2) is 0 Å². The monoisotopic (exact) mass is 401 g/mol. The van der Waals surface area contributed by atoms with Gasteiger partial charge >= 0.3 is 0 Å². The van der Waals surface area contributed by atoms with Gasteiger partial charge in [-0.15, -0.1) is 0 Å². The zero-order valence-corrected chi connectivity index (χ0v) is 17.4. The van der Waals surface area contributed by atoms with Crippen molar-refractivity contribution in [2.24, 2.45) is 4.99 Å². The molecular formula is C21H24ClN3OS. The van der Waals surface area contributed by atoms with Crippen molar-refractivity contribution >= 4 is 28.5 Å². The number of rotatable bonds is 5. The number of fused-ring (bicyclic) bond motifs is 1. The normalized spacial score (nSPS) is 24.3. The summed E-state index contributed by atoms with van der Waals surface area (Å²) in [5.74, 6) is 1.81. The Morgan fingerprint density at radius 3 is 2.81 bits per heavy atom. The number of thioether (sulfide) groups is 1. The number of aromatic nitrogens is 1. The van der Waals surface area contributed by atoms with E-state index in [-0.39, 0.29) is 18.2 Å². The molecule has 1 fully saturated rings. The summed E-state index contributed by atoms with van der Waals surface area (Å²) >= 11 is 8.41. The Kier molecular flexibility index (Phi) is 5.33. The van der Waals surface area contributed by atoms with Crippen molar-refractivity contribution in [2.45, 2.75) is 51.4 Å². The first-order valence-electron chi connectivity index (χ1n) is 9.44. The van der Waals surface area contributed by atoms with Gasteiger partial charge in [0, 0.05) is 18.0 Å². The van der Waals surface area contributed by atoms with Crippen LogP contribution in [0.4, 0.5) is 0 Å². The Bertz CT molecular complexity index is 843. The molecule has 0 unspecified atom stereocenters. The fourth-order valence-electron chi connectivity index (χ4n) is 3.76. The Morgan fingerprint density at radius 2 is 2.15 bits per heavy atom. The maximum Gasteiger partial charge on any atom is 0.160 e. The van der Waals surface area contributed by atoms with E-state index in [4.69, 9.17) is 21.3 Å². The topological polar surface area (TPSA) is 37.7 Å². The third-order valence-corrected chi connectivity index (χ3v) is 6.41. The van der Waals surface area contributed by atoms with Gasteiger partial charge in [0.05, 0.1) is 22.9 Å². The van der Waals surface area contributed by atoms with E-state index in [9.17, 15) is 0 Å². The van der Waals surface area contributed by atoms with E-state index in [0.717, 1.165) is 34.3 Å². The van der Waals surface area contributed by atoms with Crippen LogP contribution in [0.1, 0.15) is 50.5 Å². The van der Waals surface area contributed by atoms with Crippen molar-refractivity contribution in [1.82, 2.24) is 9.88 Å². The summed E-state index contributed by atoms with van der Waals surface area (Å²) in [5.41, 5.74) is 2.16. The molecule has 1 aromatic carbocycles. The van der Waals surface area contributed by atoms with Crippen molar-refractivity contribution in [3.05, 3.63) is 58.9 Å². The van der Waals surface area contributed by atoms with Crippen LogP contribution in [0.15, 0.2) is 47.6 Å². The quantitative estimate of drug-likeness (QED) is 0.662. The number of amidine groups is 1. The molecule has 1 saturated heterocycles. The zero-order valence-electron chi connectivity index (χ0n) is 15.8. The highest BCUT2D eigenvalue weighted by molar-refractivity contribution is 8.14. The van der Waals surface area contributed by atoms with Crippen LogP contribution in [0.5, 0.6) is 5.75 Å². The van der Waals surface area contributed by atoms with Crippen molar-refractivity contribution in [3.63, 3.8) is 0 Å². The molecule has 2 aromatic rings. The third kappa shape index (κ3) is 3.55. The summed E-state index contributed by atoms with van der Waals surface area (Å²) in [4.78, 5) is 12.1. The van der Waals surface area contributed by atoms with Crippen LogP contribution in [0.25, 0.3) is 0 Å². The molecule has 2 aliphatic heterocycles. The van der Waals surface area contributed by atoms with Gasteiger partial charge in [-0.3, -0.25) is 9.98 Å². The van der Waals surface area contributed by atoms with Gasteiger partial charge in [0.15, 0.2) is 5.17 Å². The number of ether oxygens (including phenoxy) is 1. The lowest BCUT2D eigenvalue weighted by molar-refractivity contribution is 0.241. The van der Waals surface area contributed by atoms with Crippen LogP contribution < -0.4 is 4.74 Å². The van der Waals surface area contributed by atoms with Gasteiger partial charge in [-0.05, 0) is 50.1 Å². The molecule has 6 heteroatoms. The molecule has 3 heterocycles. The van der Waals surface area contributed by atoms with Gasteiger partial charge in [0.2, 0.25) is 0 Å². The number of pyridine rings is 1. The molecule has 142 valence electrons.